The van der Waals surface area contributed by atoms with Gasteiger partial charge in [-0.2, -0.15) is 0 Å². The van der Waals surface area contributed by atoms with E-state index in [9.17, 15) is 14.4 Å². The van der Waals surface area contributed by atoms with Crippen molar-refractivity contribution in [3.8, 4) is 11.1 Å². The van der Waals surface area contributed by atoms with Crippen LogP contribution < -0.4 is 16.2 Å². The second-order valence-corrected chi connectivity index (χ2v) is 8.67. The molecule has 2 heterocycles. The van der Waals surface area contributed by atoms with E-state index in [2.05, 4.69) is 15.6 Å². The molecule has 2 aromatic heterocycles. The van der Waals surface area contributed by atoms with Crippen LogP contribution in [0.5, 0.6) is 0 Å². The average molecular weight is 445 g/mol. The van der Waals surface area contributed by atoms with Crippen LogP contribution in [0.2, 0.25) is 5.02 Å². The van der Waals surface area contributed by atoms with Crippen molar-refractivity contribution in [2.75, 3.05) is 0 Å². The maximum absolute atomic E-state index is 13.0. The van der Waals surface area contributed by atoms with Crippen LogP contribution in [0.15, 0.2) is 40.8 Å². The first kappa shape index (κ1) is 20.6. The van der Waals surface area contributed by atoms with Gasteiger partial charge in [-0.1, -0.05) is 43.0 Å². The van der Waals surface area contributed by atoms with Crippen molar-refractivity contribution in [1.82, 2.24) is 20.2 Å². The number of hydrogen-bond acceptors (Lipinski definition) is 5. The average Bonchev–Trinajstić information content (AvgIpc) is 3.16. The summed E-state index contributed by atoms with van der Waals surface area (Å²) in [7, 11) is 0. The number of thiophene rings is 1. The molecule has 2 N–H and O–H groups in total. The van der Waals surface area contributed by atoms with Gasteiger partial charge in [-0.15, -0.1) is 11.3 Å². The number of nitrogens with zero attached hydrogens (tertiary/aromatic N) is 2. The number of fused-ring (bicyclic) bond motifs is 1. The van der Waals surface area contributed by atoms with Gasteiger partial charge in [-0.25, -0.2) is 9.78 Å². The number of hydrogen-bond donors (Lipinski definition) is 2. The number of carbonyl (C=O) groups excluding carboxylic acids is 2. The second kappa shape index (κ2) is 8.97. The Balaban J connectivity index is 1.50. The van der Waals surface area contributed by atoms with Crippen molar-refractivity contribution in [2.45, 2.75) is 44.7 Å². The molecule has 0 unspecified atom stereocenters. The zero-order valence-corrected chi connectivity index (χ0v) is 17.8. The maximum Gasteiger partial charge on any atom is 0.321 e. The number of imide groups is 1. The van der Waals surface area contributed by atoms with E-state index < -0.39 is 11.9 Å². The minimum atomic E-state index is -0.560. The number of halogens is 1. The van der Waals surface area contributed by atoms with Gasteiger partial charge < -0.3 is 5.32 Å². The van der Waals surface area contributed by atoms with Crippen molar-refractivity contribution in [2.24, 2.45) is 0 Å². The Hall–Kier alpha value is -2.71. The molecule has 1 aromatic carbocycles. The van der Waals surface area contributed by atoms with Crippen molar-refractivity contribution >= 4 is 45.1 Å². The summed E-state index contributed by atoms with van der Waals surface area (Å²) in [6, 6.07) is 6.76. The maximum atomic E-state index is 13.0. The van der Waals surface area contributed by atoms with Gasteiger partial charge in [-0.3, -0.25) is 19.5 Å². The predicted molar refractivity (Wildman–Crippen MR) is 118 cm³/mol. The standard InChI is InChI=1S/C21H21ClN4O3S/c22-14-8-6-13(7-9-14)16-11-30-19-18(16)20(28)26(12-23-19)10-17(27)25-21(29)24-15-4-2-1-3-5-15/h6-9,11-12,15H,1-5,10H2,(H2,24,25,27,29). The molecule has 0 bridgehead atoms. The molecule has 3 amide bonds. The first-order valence-corrected chi connectivity index (χ1v) is 11.1. The van der Waals surface area contributed by atoms with E-state index in [1.165, 1.54) is 28.7 Å². The van der Waals surface area contributed by atoms with Gasteiger partial charge in [0.2, 0.25) is 5.91 Å². The summed E-state index contributed by atoms with van der Waals surface area (Å²) in [5, 5.41) is 8.06. The van der Waals surface area contributed by atoms with Gasteiger partial charge in [0.25, 0.3) is 5.56 Å². The van der Waals surface area contributed by atoms with Crippen LogP contribution in [-0.4, -0.2) is 27.5 Å². The van der Waals surface area contributed by atoms with Crippen LogP contribution >= 0.6 is 22.9 Å². The van der Waals surface area contributed by atoms with Gasteiger partial charge in [0, 0.05) is 22.0 Å². The lowest BCUT2D eigenvalue weighted by molar-refractivity contribution is -0.120. The van der Waals surface area contributed by atoms with Gasteiger partial charge >= 0.3 is 6.03 Å². The lowest BCUT2D eigenvalue weighted by atomic mass is 9.96. The Labute approximate surface area is 182 Å². The summed E-state index contributed by atoms with van der Waals surface area (Å²) in [6.45, 7) is -0.282. The second-order valence-electron chi connectivity index (χ2n) is 7.37. The number of aromatic nitrogens is 2. The molecule has 156 valence electrons. The van der Waals surface area contributed by atoms with Crippen LogP contribution in [-0.2, 0) is 11.3 Å². The highest BCUT2D eigenvalue weighted by atomic mass is 35.5. The van der Waals surface area contributed by atoms with E-state index in [1.807, 2.05) is 17.5 Å². The molecule has 0 atom stereocenters. The van der Waals surface area contributed by atoms with Crippen LogP contribution in [0.1, 0.15) is 32.1 Å². The number of amides is 3. The monoisotopic (exact) mass is 444 g/mol. The fraction of sp³-hybridized carbons (Fsp3) is 0.333. The van der Waals surface area contributed by atoms with Crippen molar-refractivity contribution in [1.29, 1.82) is 0 Å². The van der Waals surface area contributed by atoms with Crippen LogP contribution in [0.25, 0.3) is 21.3 Å². The zero-order chi connectivity index (χ0) is 21.1. The predicted octanol–water partition coefficient (Wildman–Crippen LogP) is 3.94. The molecule has 1 aliphatic rings. The highest BCUT2D eigenvalue weighted by molar-refractivity contribution is 7.17. The first-order chi connectivity index (χ1) is 14.5. The fourth-order valence-corrected chi connectivity index (χ4v) is 4.74. The van der Waals surface area contributed by atoms with Crippen molar-refractivity contribution < 1.29 is 9.59 Å². The Morgan fingerprint density at radius 1 is 1.17 bits per heavy atom. The molecule has 4 rings (SSSR count). The van der Waals surface area contributed by atoms with E-state index in [-0.39, 0.29) is 18.1 Å². The van der Waals surface area contributed by atoms with Gasteiger partial charge in [0.1, 0.15) is 11.4 Å². The SMILES string of the molecule is O=C(Cn1cnc2scc(-c3ccc(Cl)cc3)c2c1=O)NC(=O)NC1CCCCC1. The molecule has 7 nitrogen and oxygen atoms in total. The molecule has 0 radical (unpaired) electrons. The number of urea groups is 1. The Kier molecular flexibility index (Phi) is 6.15. The normalized spacial score (nSPS) is 14.6. The summed E-state index contributed by atoms with van der Waals surface area (Å²) in [4.78, 5) is 42.3. The fourth-order valence-electron chi connectivity index (χ4n) is 3.71. The molecule has 9 heteroatoms. The minimum absolute atomic E-state index is 0.0972. The lowest BCUT2D eigenvalue weighted by Crippen LogP contribution is -2.46. The quantitative estimate of drug-likeness (QED) is 0.637. The minimum Gasteiger partial charge on any atom is -0.335 e. The largest absolute Gasteiger partial charge is 0.335 e. The molecular weight excluding hydrogens is 424 g/mol. The molecule has 30 heavy (non-hydrogen) atoms. The topological polar surface area (TPSA) is 93.1 Å². The summed E-state index contributed by atoms with van der Waals surface area (Å²) < 4.78 is 1.22. The molecule has 0 spiro atoms. The molecule has 1 aliphatic carbocycles. The zero-order valence-electron chi connectivity index (χ0n) is 16.2. The number of benzene rings is 1. The molecular formula is C21H21ClN4O3S. The van der Waals surface area contributed by atoms with Crippen LogP contribution in [0.3, 0.4) is 0 Å². The van der Waals surface area contributed by atoms with E-state index in [4.69, 9.17) is 11.6 Å². The number of carbonyl (C=O) groups is 2. The Morgan fingerprint density at radius 3 is 2.63 bits per heavy atom. The summed E-state index contributed by atoms with van der Waals surface area (Å²) in [5.41, 5.74) is 1.27. The van der Waals surface area contributed by atoms with Gasteiger partial charge in [-0.05, 0) is 30.5 Å². The van der Waals surface area contributed by atoms with Gasteiger partial charge in [0.05, 0.1) is 11.7 Å². The van der Waals surface area contributed by atoms with Crippen LogP contribution in [0.4, 0.5) is 4.79 Å². The van der Waals surface area contributed by atoms with Crippen molar-refractivity contribution in [3.63, 3.8) is 0 Å². The summed E-state index contributed by atoms with van der Waals surface area (Å²) in [5.74, 6) is -0.560. The highest BCUT2D eigenvalue weighted by Gasteiger charge is 2.18. The molecule has 1 saturated carbocycles. The molecule has 0 saturated heterocycles. The Morgan fingerprint density at radius 2 is 1.90 bits per heavy atom. The summed E-state index contributed by atoms with van der Waals surface area (Å²) >= 11 is 7.32. The first-order valence-electron chi connectivity index (χ1n) is 9.84. The third-order valence-electron chi connectivity index (χ3n) is 5.22. The smallest absolute Gasteiger partial charge is 0.321 e. The molecule has 3 aromatic rings. The van der Waals surface area contributed by atoms with Crippen LogP contribution in [0, 0.1) is 0 Å². The lowest BCUT2D eigenvalue weighted by Gasteiger charge is -2.22. The molecule has 0 aliphatic heterocycles. The number of rotatable bonds is 4. The third kappa shape index (κ3) is 4.55. The molecule has 1 fully saturated rings. The van der Waals surface area contributed by atoms with E-state index in [1.54, 1.807) is 12.1 Å². The van der Waals surface area contributed by atoms with Crippen molar-refractivity contribution in [3.05, 3.63) is 51.3 Å². The Bertz CT molecular complexity index is 1130. The van der Waals surface area contributed by atoms with E-state index in [0.717, 1.165) is 36.8 Å². The van der Waals surface area contributed by atoms with E-state index >= 15 is 0 Å². The summed E-state index contributed by atoms with van der Waals surface area (Å²) in [6.07, 6.45) is 6.52. The van der Waals surface area contributed by atoms with Gasteiger partial charge in [0.15, 0.2) is 0 Å². The highest BCUT2D eigenvalue weighted by Crippen LogP contribution is 2.31. The third-order valence-corrected chi connectivity index (χ3v) is 6.36. The number of nitrogens with one attached hydrogen (secondary N) is 2. The van der Waals surface area contributed by atoms with E-state index in [0.29, 0.717) is 15.2 Å².